The van der Waals surface area contributed by atoms with Gasteiger partial charge in [0.15, 0.2) is 0 Å². The Morgan fingerprint density at radius 2 is 2.26 bits per heavy atom. The number of aromatic nitrogens is 4. The maximum absolute atomic E-state index is 11.0. The molecule has 2 rings (SSSR count). The van der Waals surface area contributed by atoms with E-state index >= 15 is 0 Å². The smallest absolute Gasteiger partial charge is 0.339 e. The lowest BCUT2D eigenvalue weighted by Crippen LogP contribution is -2.06. The van der Waals surface area contributed by atoms with Crippen LogP contribution < -0.4 is 4.74 Å². The van der Waals surface area contributed by atoms with Crippen molar-refractivity contribution in [3.63, 3.8) is 0 Å². The summed E-state index contributed by atoms with van der Waals surface area (Å²) in [5.74, 6) is -0.00485. The summed E-state index contributed by atoms with van der Waals surface area (Å²) in [6, 6.07) is 6.55. The number of carbonyl (C=O) groups is 1. The molecule has 0 aliphatic carbocycles. The summed E-state index contributed by atoms with van der Waals surface area (Å²) in [4.78, 5) is 11.0. The van der Waals surface area contributed by atoms with Gasteiger partial charge >= 0.3 is 5.97 Å². The fourth-order valence-electron chi connectivity index (χ4n) is 1.40. The summed E-state index contributed by atoms with van der Waals surface area (Å²) >= 11 is 1.44. The monoisotopic (exact) mass is 280 g/mol. The van der Waals surface area contributed by atoms with Crippen LogP contribution in [-0.4, -0.2) is 43.6 Å². The highest BCUT2D eigenvalue weighted by Crippen LogP contribution is 2.19. The standard InChI is InChI=1S/C11H12N4O3S/c1-15-11(12-13-14-15)19-7-6-18-9-5-3-2-4-8(9)10(16)17/h2-5H,6-7H2,1H3,(H,16,17). The van der Waals surface area contributed by atoms with Gasteiger partial charge in [0, 0.05) is 12.8 Å². The van der Waals surface area contributed by atoms with Crippen molar-refractivity contribution in [2.24, 2.45) is 7.05 Å². The highest BCUT2D eigenvalue weighted by Gasteiger charge is 2.10. The molecule has 1 aromatic carbocycles. The SMILES string of the molecule is Cn1nnnc1SCCOc1ccccc1C(=O)O. The zero-order valence-corrected chi connectivity index (χ0v) is 11.0. The van der Waals surface area contributed by atoms with Crippen LogP contribution in [-0.2, 0) is 7.05 Å². The lowest BCUT2D eigenvalue weighted by atomic mass is 10.2. The number of carboxylic acids is 1. The molecular formula is C11H12N4O3S. The first-order chi connectivity index (χ1) is 9.18. The quantitative estimate of drug-likeness (QED) is 0.625. The molecule has 100 valence electrons. The first-order valence-corrected chi connectivity index (χ1v) is 6.47. The van der Waals surface area contributed by atoms with Crippen LogP contribution in [0.5, 0.6) is 5.75 Å². The van der Waals surface area contributed by atoms with Gasteiger partial charge in [0.25, 0.3) is 0 Å². The minimum absolute atomic E-state index is 0.160. The fourth-order valence-corrected chi connectivity index (χ4v) is 2.06. The van der Waals surface area contributed by atoms with E-state index in [1.54, 1.807) is 29.9 Å². The van der Waals surface area contributed by atoms with E-state index in [9.17, 15) is 4.79 Å². The van der Waals surface area contributed by atoms with Crippen LogP contribution >= 0.6 is 11.8 Å². The van der Waals surface area contributed by atoms with Crippen molar-refractivity contribution in [2.45, 2.75) is 5.16 Å². The lowest BCUT2D eigenvalue weighted by Gasteiger charge is -2.08. The average molecular weight is 280 g/mol. The molecule has 0 fully saturated rings. The lowest BCUT2D eigenvalue weighted by molar-refractivity contribution is 0.0692. The van der Waals surface area contributed by atoms with Gasteiger partial charge in [-0.25, -0.2) is 9.48 Å². The minimum Gasteiger partial charge on any atom is -0.492 e. The molecule has 0 amide bonds. The third kappa shape index (κ3) is 3.44. The largest absolute Gasteiger partial charge is 0.492 e. The number of para-hydroxylation sites is 1. The van der Waals surface area contributed by atoms with Gasteiger partial charge in [-0.05, 0) is 22.6 Å². The summed E-state index contributed by atoms with van der Waals surface area (Å²) in [6.07, 6.45) is 0. The average Bonchev–Trinajstić information content (AvgIpc) is 2.80. The molecule has 1 N–H and O–H groups in total. The number of aryl methyl sites for hydroxylation is 1. The Bertz CT molecular complexity index is 573. The van der Waals surface area contributed by atoms with Crippen molar-refractivity contribution in [3.8, 4) is 5.75 Å². The number of ether oxygens (including phenoxy) is 1. The number of nitrogens with zero attached hydrogens (tertiary/aromatic N) is 4. The molecule has 0 radical (unpaired) electrons. The van der Waals surface area contributed by atoms with Crippen molar-refractivity contribution >= 4 is 17.7 Å². The van der Waals surface area contributed by atoms with Crippen LogP contribution in [0.4, 0.5) is 0 Å². The molecule has 0 bridgehead atoms. The van der Waals surface area contributed by atoms with Gasteiger partial charge < -0.3 is 9.84 Å². The molecule has 1 aromatic heterocycles. The third-order valence-electron chi connectivity index (χ3n) is 2.27. The van der Waals surface area contributed by atoms with Crippen molar-refractivity contribution in [1.82, 2.24) is 20.2 Å². The number of benzene rings is 1. The maximum atomic E-state index is 11.0. The molecule has 0 aliphatic heterocycles. The van der Waals surface area contributed by atoms with Crippen LogP contribution in [0, 0.1) is 0 Å². The van der Waals surface area contributed by atoms with E-state index in [0.717, 1.165) is 0 Å². The number of hydrogen-bond donors (Lipinski definition) is 1. The van der Waals surface area contributed by atoms with Gasteiger partial charge in [-0.15, -0.1) is 5.10 Å². The summed E-state index contributed by atoms with van der Waals surface area (Å²) in [5.41, 5.74) is 0.160. The molecule has 0 saturated heterocycles. The maximum Gasteiger partial charge on any atom is 0.339 e. The van der Waals surface area contributed by atoms with Crippen LogP contribution in [0.1, 0.15) is 10.4 Å². The van der Waals surface area contributed by atoms with Crippen LogP contribution in [0.2, 0.25) is 0 Å². The predicted octanol–water partition coefficient (Wildman–Crippen LogP) is 1.08. The number of tetrazole rings is 1. The highest BCUT2D eigenvalue weighted by molar-refractivity contribution is 7.99. The number of aromatic carboxylic acids is 1. The van der Waals surface area contributed by atoms with Crippen molar-refractivity contribution in [3.05, 3.63) is 29.8 Å². The number of hydrogen-bond acceptors (Lipinski definition) is 6. The molecule has 0 atom stereocenters. The topological polar surface area (TPSA) is 90.1 Å². The van der Waals surface area contributed by atoms with Gasteiger partial charge in [0.2, 0.25) is 5.16 Å². The Morgan fingerprint density at radius 1 is 1.47 bits per heavy atom. The fraction of sp³-hybridized carbons (Fsp3) is 0.273. The van der Waals surface area contributed by atoms with Crippen LogP contribution in [0.25, 0.3) is 0 Å². The zero-order chi connectivity index (χ0) is 13.7. The van der Waals surface area contributed by atoms with Crippen molar-refractivity contribution < 1.29 is 14.6 Å². The summed E-state index contributed by atoms with van der Waals surface area (Å²) in [6.45, 7) is 0.377. The van der Waals surface area contributed by atoms with E-state index in [1.165, 1.54) is 17.8 Å². The van der Waals surface area contributed by atoms with Gasteiger partial charge in [-0.1, -0.05) is 23.9 Å². The Hall–Kier alpha value is -2.09. The Morgan fingerprint density at radius 3 is 2.95 bits per heavy atom. The predicted molar refractivity (Wildman–Crippen MR) is 68.4 cm³/mol. The molecule has 7 nitrogen and oxygen atoms in total. The number of thioether (sulfide) groups is 1. The molecule has 2 aromatic rings. The minimum atomic E-state index is -0.999. The van der Waals surface area contributed by atoms with Crippen molar-refractivity contribution in [1.29, 1.82) is 0 Å². The van der Waals surface area contributed by atoms with Gasteiger partial charge in [-0.2, -0.15) is 0 Å². The first-order valence-electron chi connectivity index (χ1n) is 5.49. The van der Waals surface area contributed by atoms with Crippen molar-refractivity contribution in [2.75, 3.05) is 12.4 Å². The highest BCUT2D eigenvalue weighted by atomic mass is 32.2. The summed E-state index contributed by atoms with van der Waals surface area (Å²) in [7, 11) is 1.75. The normalized spacial score (nSPS) is 10.4. The summed E-state index contributed by atoms with van der Waals surface area (Å²) < 4.78 is 7.02. The van der Waals surface area contributed by atoms with E-state index in [1.807, 2.05) is 0 Å². The van der Waals surface area contributed by atoms with Crippen LogP contribution in [0.3, 0.4) is 0 Å². The van der Waals surface area contributed by atoms with E-state index < -0.39 is 5.97 Å². The molecule has 8 heteroatoms. The molecule has 0 aliphatic rings. The third-order valence-corrected chi connectivity index (χ3v) is 3.25. The van der Waals surface area contributed by atoms with Crippen LogP contribution in [0.15, 0.2) is 29.4 Å². The Kier molecular flexibility index (Phi) is 4.35. The molecule has 0 unspecified atom stereocenters. The second-order valence-corrected chi connectivity index (χ2v) is 4.65. The number of carboxylic acid groups (broad SMARTS) is 1. The van der Waals surface area contributed by atoms with Gasteiger partial charge in [0.05, 0.1) is 6.61 Å². The molecule has 1 heterocycles. The van der Waals surface area contributed by atoms with E-state index in [0.29, 0.717) is 23.3 Å². The zero-order valence-electron chi connectivity index (χ0n) is 10.2. The second-order valence-electron chi connectivity index (χ2n) is 3.58. The Balaban J connectivity index is 1.86. The van der Waals surface area contributed by atoms with Gasteiger partial charge in [0.1, 0.15) is 11.3 Å². The van der Waals surface area contributed by atoms with E-state index in [4.69, 9.17) is 9.84 Å². The molecule has 0 saturated carbocycles. The van der Waals surface area contributed by atoms with Gasteiger partial charge in [-0.3, -0.25) is 0 Å². The van der Waals surface area contributed by atoms with E-state index in [2.05, 4.69) is 15.5 Å². The first kappa shape index (κ1) is 13.3. The summed E-state index contributed by atoms with van der Waals surface area (Å²) in [5, 5.41) is 20.7. The van der Waals surface area contributed by atoms with E-state index in [-0.39, 0.29) is 5.56 Å². The molecular weight excluding hydrogens is 268 g/mol. The Labute approximate surface area is 113 Å². The second kappa shape index (κ2) is 6.19. The molecule has 19 heavy (non-hydrogen) atoms. The molecule has 0 spiro atoms. The number of rotatable bonds is 6.